The fraction of sp³-hybridized carbons (Fsp3) is 0.278. The monoisotopic (exact) mass is 376 g/mol. The molecule has 134 valence electrons. The van der Waals surface area contributed by atoms with Gasteiger partial charge in [0.05, 0.1) is 11.1 Å². The van der Waals surface area contributed by atoms with E-state index in [9.17, 15) is 26.3 Å². The van der Waals surface area contributed by atoms with Gasteiger partial charge in [0.2, 0.25) is 0 Å². The van der Waals surface area contributed by atoms with E-state index in [1.807, 2.05) is 25.1 Å². The third-order valence-electron chi connectivity index (χ3n) is 3.70. The summed E-state index contributed by atoms with van der Waals surface area (Å²) in [4.78, 5) is 0.377. The molecule has 2 aromatic carbocycles. The maximum Gasteiger partial charge on any atom is 0.416 e. The molecule has 0 atom stereocenters. The third-order valence-corrected chi connectivity index (χ3v) is 3.99. The first-order valence-electron chi connectivity index (χ1n) is 7.31. The van der Waals surface area contributed by atoms with Crippen molar-refractivity contribution in [1.82, 2.24) is 0 Å². The molecule has 25 heavy (non-hydrogen) atoms. The summed E-state index contributed by atoms with van der Waals surface area (Å²) in [6, 6.07) is 8.90. The van der Waals surface area contributed by atoms with Crippen LogP contribution in [0.4, 0.5) is 26.3 Å². The Labute approximate surface area is 146 Å². The van der Waals surface area contributed by atoms with Crippen molar-refractivity contribution in [2.75, 3.05) is 0 Å². The van der Waals surface area contributed by atoms with Crippen LogP contribution in [0.15, 0.2) is 42.5 Å². The Morgan fingerprint density at radius 1 is 0.840 bits per heavy atom. The van der Waals surface area contributed by atoms with Gasteiger partial charge in [0.25, 0.3) is 0 Å². The highest BCUT2D eigenvalue weighted by Crippen LogP contribution is 2.36. The van der Waals surface area contributed by atoms with Crippen molar-refractivity contribution in [3.05, 3.63) is 70.3 Å². The van der Waals surface area contributed by atoms with Crippen molar-refractivity contribution in [1.29, 1.82) is 0 Å². The van der Waals surface area contributed by atoms with Gasteiger partial charge in [-0.05, 0) is 41.8 Å². The first-order valence-corrected chi connectivity index (χ1v) is 7.72. The molecule has 0 aliphatic heterocycles. The number of hydrogen-bond acceptors (Lipinski definition) is 1. The Hall–Kier alpha value is -1.89. The molecule has 0 saturated heterocycles. The lowest BCUT2D eigenvalue weighted by atomic mass is 9.97. The largest absolute Gasteiger partial charge is 0.416 e. The molecule has 0 aliphatic carbocycles. The molecule has 0 saturated carbocycles. The van der Waals surface area contributed by atoms with Gasteiger partial charge in [-0.1, -0.05) is 36.5 Å². The second-order valence-corrected chi connectivity index (χ2v) is 6.31. The quantitative estimate of drug-likeness (QED) is 0.453. The van der Waals surface area contributed by atoms with E-state index in [2.05, 4.69) is 0 Å². The predicted octanol–water partition coefficient (Wildman–Crippen LogP) is 6.19. The van der Waals surface area contributed by atoms with E-state index in [1.165, 1.54) is 0 Å². The average molecular weight is 376 g/mol. The summed E-state index contributed by atoms with van der Waals surface area (Å²) in [5.41, 5.74) is -0.881. The SMILES string of the molecule is Cc1ccccc1CC(=S)Cc1cc(C(F)(F)F)cc(C(F)(F)F)c1. The van der Waals surface area contributed by atoms with Gasteiger partial charge < -0.3 is 0 Å². The van der Waals surface area contributed by atoms with Gasteiger partial charge in [-0.15, -0.1) is 0 Å². The molecule has 0 amide bonds. The molecule has 0 aromatic heterocycles. The molecular weight excluding hydrogens is 362 g/mol. The molecular formula is C18H14F6S. The van der Waals surface area contributed by atoms with E-state index >= 15 is 0 Å². The molecule has 0 nitrogen and oxygen atoms in total. The van der Waals surface area contributed by atoms with E-state index < -0.39 is 23.5 Å². The number of benzene rings is 2. The van der Waals surface area contributed by atoms with Gasteiger partial charge in [-0.3, -0.25) is 0 Å². The molecule has 2 rings (SSSR count). The lowest BCUT2D eigenvalue weighted by Gasteiger charge is -2.15. The number of rotatable bonds is 4. The maximum absolute atomic E-state index is 12.9. The van der Waals surface area contributed by atoms with Crippen molar-refractivity contribution in [3.63, 3.8) is 0 Å². The zero-order chi connectivity index (χ0) is 18.8. The van der Waals surface area contributed by atoms with Crippen LogP contribution in [0.3, 0.4) is 0 Å². The van der Waals surface area contributed by atoms with Gasteiger partial charge in [0, 0.05) is 17.7 Å². The highest BCUT2D eigenvalue weighted by Gasteiger charge is 2.36. The van der Waals surface area contributed by atoms with E-state index in [4.69, 9.17) is 12.2 Å². The Kier molecular flexibility index (Phi) is 5.56. The van der Waals surface area contributed by atoms with E-state index in [-0.39, 0.29) is 18.1 Å². The minimum absolute atomic E-state index is 0.0965. The molecule has 0 heterocycles. The van der Waals surface area contributed by atoms with E-state index in [0.717, 1.165) is 23.3 Å². The first-order chi connectivity index (χ1) is 11.5. The van der Waals surface area contributed by atoms with Crippen molar-refractivity contribution < 1.29 is 26.3 Å². The van der Waals surface area contributed by atoms with Crippen LogP contribution in [0, 0.1) is 6.92 Å². The van der Waals surface area contributed by atoms with Crippen LogP contribution in [0.2, 0.25) is 0 Å². The molecule has 0 radical (unpaired) electrons. The average Bonchev–Trinajstić information content (AvgIpc) is 2.47. The highest BCUT2D eigenvalue weighted by atomic mass is 32.1. The number of aryl methyl sites for hydroxylation is 1. The summed E-state index contributed by atoms with van der Waals surface area (Å²) in [6.45, 7) is 1.87. The normalized spacial score (nSPS) is 12.3. The fourth-order valence-corrected chi connectivity index (χ4v) is 2.75. The molecule has 0 aliphatic rings. The lowest BCUT2D eigenvalue weighted by Crippen LogP contribution is -2.13. The summed E-state index contributed by atoms with van der Waals surface area (Å²) in [6.07, 6.45) is -9.52. The molecule has 0 fully saturated rings. The number of halogens is 6. The topological polar surface area (TPSA) is 0 Å². The van der Waals surface area contributed by atoms with Crippen LogP contribution >= 0.6 is 12.2 Å². The third kappa shape index (κ3) is 5.29. The van der Waals surface area contributed by atoms with Crippen molar-refractivity contribution >= 4 is 17.1 Å². The standard InChI is InChI=1S/C18H14F6S/c1-11-4-2-3-5-13(11)9-16(25)8-12-6-14(17(19,20)21)10-15(7-12)18(22,23)24/h2-7,10H,8-9H2,1H3. The summed E-state index contributed by atoms with van der Waals surface area (Å²) in [5, 5.41) is 0. The fourth-order valence-electron chi connectivity index (χ4n) is 2.43. The Balaban J connectivity index is 2.29. The van der Waals surface area contributed by atoms with Crippen LogP contribution in [0.1, 0.15) is 27.8 Å². The highest BCUT2D eigenvalue weighted by molar-refractivity contribution is 7.80. The van der Waals surface area contributed by atoms with Crippen LogP contribution < -0.4 is 0 Å². The Bertz CT molecular complexity index is 742. The Morgan fingerprint density at radius 3 is 1.84 bits per heavy atom. The zero-order valence-electron chi connectivity index (χ0n) is 13.1. The molecule has 0 unspecified atom stereocenters. The molecule has 7 heteroatoms. The molecule has 0 N–H and O–H groups in total. The summed E-state index contributed by atoms with van der Waals surface area (Å²) in [7, 11) is 0. The van der Waals surface area contributed by atoms with Gasteiger partial charge in [-0.2, -0.15) is 26.3 Å². The second-order valence-electron chi connectivity index (χ2n) is 5.73. The van der Waals surface area contributed by atoms with Crippen LogP contribution in [-0.2, 0) is 25.2 Å². The zero-order valence-corrected chi connectivity index (χ0v) is 13.9. The van der Waals surface area contributed by atoms with Crippen LogP contribution in [0.25, 0.3) is 0 Å². The van der Waals surface area contributed by atoms with E-state index in [1.54, 1.807) is 6.07 Å². The molecule has 0 spiro atoms. The number of thiocarbonyl (C=S) groups is 1. The van der Waals surface area contributed by atoms with E-state index in [0.29, 0.717) is 11.3 Å². The summed E-state index contributed by atoms with van der Waals surface area (Å²) in [5.74, 6) is 0. The smallest absolute Gasteiger partial charge is 0.166 e. The first kappa shape index (κ1) is 19.4. The second kappa shape index (κ2) is 7.15. The number of alkyl halides is 6. The minimum atomic E-state index is -4.85. The lowest BCUT2D eigenvalue weighted by molar-refractivity contribution is -0.143. The van der Waals surface area contributed by atoms with Gasteiger partial charge >= 0.3 is 12.4 Å². The van der Waals surface area contributed by atoms with Crippen molar-refractivity contribution in [2.45, 2.75) is 32.1 Å². The summed E-state index contributed by atoms with van der Waals surface area (Å²) < 4.78 is 77.2. The maximum atomic E-state index is 12.9. The Morgan fingerprint density at radius 2 is 1.36 bits per heavy atom. The van der Waals surface area contributed by atoms with Crippen LogP contribution in [-0.4, -0.2) is 4.86 Å². The molecule has 0 bridgehead atoms. The number of hydrogen-bond donors (Lipinski definition) is 0. The van der Waals surface area contributed by atoms with Crippen molar-refractivity contribution in [3.8, 4) is 0 Å². The molecule has 2 aromatic rings. The summed E-state index contributed by atoms with van der Waals surface area (Å²) >= 11 is 5.19. The van der Waals surface area contributed by atoms with Gasteiger partial charge in [-0.25, -0.2) is 0 Å². The van der Waals surface area contributed by atoms with Crippen LogP contribution in [0.5, 0.6) is 0 Å². The van der Waals surface area contributed by atoms with Gasteiger partial charge in [0.15, 0.2) is 0 Å². The van der Waals surface area contributed by atoms with Crippen molar-refractivity contribution in [2.24, 2.45) is 0 Å². The van der Waals surface area contributed by atoms with Gasteiger partial charge in [0.1, 0.15) is 0 Å². The minimum Gasteiger partial charge on any atom is -0.166 e. The predicted molar refractivity (Wildman–Crippen MR) is 87.6 cm³/mol.